The molecule has 1 N–H and O–H groups in total. The van der Waals surface area contributed by atoms with E-state index in [2.05, 4.69) is 0 Å². The van der Waals surface area contributed by atoms with Crippen molar-refractivity contribution in [3.63, 3.8) is 0 Å². The number of aliphatic hydroxyl groups excluding tert-OH is 1. The Hall–Kier alpha value is -0.790. The van der Waals surface area contributed by atoms with Crippen LogP contribution in [0.2, 0.25) is 0 Å². The van der Waals surface area contributed by atoms with Gasteiger partial charge in [-0.2, -0.15) is 0 Å². The van der Waals surface area contributed by atoms with E-state index in [1.165, 1.54) is 13.0 Å². The first-order chi connectivity index (χ1) is 5.46. The third-order valence-corrected chi connectivity index (χ3v) is 2.52. The number of hydrogen-bond donors (Lipinski definition) is 1. The highest BCUT2D eigenvalue weighted by Crippen LogP contribution is 2.32. The van der Waals surface area contributed by atoms with Gasteiger partial charge in [-0.25, -0.2) is 0 Å². The van der Waals surface area contributed by atoms with Crippen LogP contribution in [0.5, 0.6) is 0 Å². The van der Waals surface area contributed by atoms with Gasteiger partial charge in [0.05, 0.1) is 0 Å². The van der Waals surface area contributed by atoms with Gasteiger partial charge >= 0.3 is 0 Å². The van der Waals surface area contributed by atoms with Gasteiger partial charge in [-0.3, -0.25) is 4.79 Å². The van der Waals surface area contributed by atoms with Crippen LogP contribution in [0.1, 0.15) is 40.5 Å². The van der Waals surface area contributed by atoms with Crippen molar-refractivity contribution in [3.8, 4) is 0 Å². The lowest BCUT2D eigenvalue weighted by molar-refractivity contribution is -0.112. The van der Waals surface area contributed by atoms with E-state index in [1.807, 2.05) is 20.8 Å². The second-order valence-corrected chi connectivity index (χ2v) is 3.41. The maximum atomic E-state index is 10.7. The van der Waals surface area contributed by atoms with Gasteiger partial charge in [0.2, 0.25) is 0 Å². The monoisotopic (exact) mass is 170 g/mol. The van der Waals surface area contributed by atoms with E-state index in [-0.39, 0.29) is 17.0 Å². The molecule has 0 aromatic rings. The van der Waals surface area contributed by atoms with Gasteiger partial charge in [0.25, 0.3) is 0 Å². The largest absolute Gasteiger partial charge is 0.512 e. The molecule has 0 aliphatic carbocycles. The SMILES string of the molecule is CCC(C)(CC)C(O)=CC(C)=O. The fraction of sp³-hybridized carbons (Fsp3) is 0.700. The highest BCUT2D eigenvalue weighted by atomic mass is 16.3. The predicted octanol–water partition coefficient (Wildman–Crippen LogP) is 2.84. The molecule has 0 amide bonds. The fourth-order valence-electron chi connectivity index (χ4n) is 0.979. The van der Waals surface area contributed by atoms with Gasteiger partial charge in [-0.1, -0.05) is 20.8 Å². The lowest BCUT2D eigenvalue weighted by atomic mass is 9.82. The van der Waals surface area contributed by atoms with E-state index in [4.69, 9.17) is 0 Å². The van der Waals surface area contributed by atoms with E-state index in [1.54, 1.807) is 0 Å². The van der Waals surface area contributed by atoms with Crippen LogP contribution in [0.4, 0.5) is 0 Å². The summed E-state index contributed by atoms with van der Waals surface area (Å²) in [4.78, 5) is 10.7. The molecule has 0 aliphatic heterocycles. The molecule has 0 aromatic heterocycles. The molecule has 0 radical (unpaired) electrons. The molecule has 0 heterocycles. The van der Waals surface area contributed by atoms with E-state index in [9.17, 15) is 9.90 Å². The zero-order valence-electron chi connectivity index (χ0n) is 8.35. The minimum Gasteiger partial charge on any atom is -0.512 e. The molecular formula is C10H18O2. The summed E-state index contributed by atoms with van der Waals surface area (Å²) in [5.74, 6) is 0.112. The van der Waals surface area contributed by atoms with Crippen LogP contribution in [0.3, 0.4) is 0 Å². The lowest BCUT2D eigenvalue weighted by Gasteiger charge is -2.25. The van der Waals surface area contributed by atoms with Gasteiger partial charge in [0.1, 0.15) is 5.76 Å². The molecule has 0 bridgehead atoms. The first kappa shape index (κ1) is 11.2. The Balaban J connectivity index is 4.63. The normalized spacial score (nSPS) is 13.2. The smallest absolute Gasteiger partial charge is 0.155 e. The van der Waals surface area contributed by atoms with Crippen LogP contribution in [0, 0.1) is 5.41 Å². The Bertz CT molecular complexity index is 188. The van der Waals surface area contributed by atoms with Gasteiger partial charge in [0.15, 0.2) is 5.78 Å². The molecule has 2 nitrogen and oxygen atoms in total. The molecule has 0 aliphatic rings. The molecular weight excluding hydrogens is 152 g/mol. The zero-order valence-corrected chi connectivity index (χ0v) is 8.35. The topological polar surface area (TPSA) is 37.3 Å². The second-order valence-electron chi connectivity index (χ2n) is 3.41. The molecule has 0 fully saturated rings. The molecule has 0 spiro atoms. The Morgan fingerprint density at radius 1 is 1.42 bits per heavy atom. The molecule has 0 unspecified atom stereocenters. The number of allylic oxidation sites excluding steroid dienone is 2. The molecule has 12 heavy (non-hydrogen) atoms. The summed E-state index contributed by atoms with van der Waals surface area (Å²) in [6, 6.07) is 0. The van der Waals surface area contributed by atoms with Crippen LogP contribution in [-0.4, -0.2) is 10.9 Å². The average Bonchev–Trinajstić information content (AvgIpc) is 2.02. The highest BCUT2D eigenvalue weighted by Gasteiger charge is 2.24. The minimum atomic E-state index is -0.230. The quantitative estimate of drug-likeness (QED) is 0.520. The van der Waals surface area contributed by atoms with Crippen molar-refractivity contribution in [2.75, 3.05) is 0 Å². The molecule has 70 valence electrons. The Kier molecular flexibility index (Phi) is 4.01. The summed E-state index contributed by atoms with van der Waals surface area (Å²) in [6.07, 6.45) is 3.01. The first-order valence-corrected chi connectivity index (χ1v) is 4.38. The molecule has 0 saturated carbocycles. The number of hydrogen-bond acceptors (Lipinski definition) is 2. The first-order valence-electron chi connectivity index (χ1n) is 4.38. The second kappa shape index (κ2) is 4.29. The number of aliphatic hydroxyl groups is 1. The van der Waals surface area contributed by atoms with E-state index in [0.29, 0.717) is 0 Å². The average molecular weight is 170 g/mol. The fourth-order valence-corrected chi connectivity index (χ4v) is 0.979. The maximum absolute atomic E-state index is 10.7. The number of carbonyl (C=O) groups is 1. The highest BCUT2D eigenvalue weighted by molar-refractivity contribution is 5.87. The van der Waals surface area contributed by atoms with Crippen molar-refractivity contribution in [2.45, 2.75) is 40.5 Å². The number of carbonyl (C=O) groups excluding carboxylic acids is 1. The third-order valence-electron chi connectivity index (χ3n) is 2.52. The van der Waals surface area contributed by atoms with Crippen LogP contribution < -0.4 is 0 Å². The van der Waals surface area contributed by atoms with Gasteiger partial charge in [0, 0.05) is 11.5 Å². The van der Waals surface area contributed by atoms with Crippen molar-refractivity contribution >= 4 is 5.78 Å². The van der Waals surface area contributed by atoms with Crippen LogP contribution in [0.25, 0.3) is 0 Å². The van der Waals surface area contributed by atoms with Crippen molar-refractivity contribution in [2.24, 2.45) is 5.41 Å². The van der Waals surface area contributed by atoms with Gasteiger partial charge in [-0.15, -0.1) is 0 Å². The number of rotatable bonds is 4. The molecule has 0 rings (SSSR count). The van der Waals surface area contributed by atoms with Crippen molar-refractivity contribution in [1.29, 1.82) is 0 Å². The van der Waals surface area contributed by atoms with Gasteiger partial charge < -0.3 is 5.11 Å². The van der Waals surface area contributed by atoms with Crippen LogP contribution in [-0.2, 0) is 4.79 Å². The Morgan fingerprint density at radius 3 is 2.08 bits per heavy atom. The maximum Gasteiger partial charge on any atom is 0.155 e. The summed E-state index contributed by atoms with van der Waals surface area (Å²) in [6.45, 7) is 7.42. The summed E-state index contributed by atoms with van der Waals surface area (Å²) >= 11 is 0. The van der Waals surface area contributed by atoms with Crippen molar-refractivity contribution < 1.29 is 9.90 Å². The Morgan fingerprint density at radius 2 is 1.83 bits per heavy atom. The van der Waals surface area contributed by atoms with Crippen molar-refractivity contribution in [3.05, 3.63) is 11.8 Å². The van der Waals surface area contributed by atoms with E-state index in [0.717, 1.165) is 12.8 Å². The standard InChI is InChI=1S/C10H18O2/c1-5-10(4,6-2)9(12)7-8(3)11/h7,12H,5-6H2,1-4H3. The third kappa shape index (κ3) is 2.68. The summed E-state index contributed by atoms with van der Waals surface area (Å²) < 4.78 is 0. The minimum absolute atomic E-state index is 0.0966. The summed E-state index contributed by atoms with van der Waals surface area (Å²) in [5.41, 5.74) is -0.230. The predicted molar refractivity (Wildman–Crippen MR) is 50.1 cm³/mol. The van der Waals surface area contributed by atoms with Crippen molar-refractivity contribution in [1.82, 2.24) is 0 Å². The van der Waals surface area contributed by atoms with Crippen LogP contribution in [0.15, 0.2) is 11.8 Å². The van der Waals surface area contributed by atoms with Gasteiger partial charge in [-0.05, 0) is 19.8 Å². The van der Waals surface area contributed by atoms with E-state index < -0.39 is 0 Å². The molecule has 0 aromatic carbocycles. The molecule has 0 atom stereocenters. The summed E-state index contributed by atoms with van der Waals surface area (Å²) in [7, 11) is 0. The molecule has 0 saturated heterocycles. The number of ketones is 1. The molecule has 2 heteroatoms. The Labute approximate surface area is 74.3 Å². The zero-order chi connectivity index (χ0) is 9.78. The van der Waals surface area contributed by atoms with E-state index >= 15 is 0 Å². The lowest BCUT2D eigenvalue weighted by Crippen LogP contribution is -2.17. The summed E-state index contributed by atoms with van der Waals surface area (Å²) in [5, 5.41) is 9.58. The van der Waals surface area contributed by atoms with Crippen LogP contribution >= 0.6 is 0 Å².